The van der Waals surface area contributed by atoms with Crippen molar-refractivity contribution < 1.29 is 13.5 Å². The van der Waals surface area contributed by atoms with Gasteiger partial charge in [0.1, 0.15) is 0 Å². The molecule has 1 aromatic rings. The normalized spacial score (nSPS) is 26.6. The molecule has 3 aliphatic rings. The molecule has 1 aliphatic carbocycles. The number of hydrogen-bond acceptors (Lipinski definition) is 5. The molecule has 0 radical (unpaired) electrons. The summed E-state index contributed by atoms with van der Waals surface area (Å²) in [5.74, 6) is 0. The van der Waals surface area contributed by atoms with E-state index in [0.717, 1.165) is 58.2 Å². The first-order valence-electron chi connectivity index (χ1n) is 10.2. The van der Waals surface area contributed by atoms with Crippen molar-refractivity contribution in [2.45, 2.75) is 62.0 Å². The van der Waals surface area contributed by atoms with Crippen molar-refractivity contribution in [2.24, 2.45) is 12.5 Å². The standard InChI is InChI=1S/C19H32N4O3S/c1-21-14-17(20-16-21)27(25,26)23-12-8-18(9-13-23)4-6-19(24,7-5-18)15-22-10-2-3-11-22/h14,16,24H,2-13,15H2,1H3. The molecule has 0 amide bonds. The number of aliphatic hydroxyl groups is 1. The predicted octanol–water partition coefficient (Wildman–Crippen LogP) is 1.59. The Balaban J connectivity index is 1.34. The molecular formula is C19H32N4O3S. The monoisotopic (exact) mass is 396 g/mol. The summed E-state index contributed by atoms with van der Waals surface area (Å²) in [5, 5.41) is 11.2. The first kappa shape index (κ1) is 19.4. The lowest BCUT2D eigenvalue weighted by atomic mass is 9.64. The molecule has 27 heavy (non-hydrogen) atoms. The molecule has 2 saturated heterocycles. The van der Waals surface area contributed by atoms with Gasteiger partial charge in [-0.2, -0.15) is 4.31 Å². The highest BCUT2D eigenvalue weighted by Crippen LogP contribution is 2.48. The van der Waals surface area contributed by atoms with E-state index in [2.05, 4.69) is 9.88 Å². The van der Waals surface area contributed by atoms with Crippen LogP contribution < -0.4 is 0 Å². The van der Waals surface area contributed by atoms with Gasteiger partial charge in [-0.1, -0.05) is 0 Å². The lowest BCUT2D eigenvalue weighted by molar-refractivity contribution is -0.0626. The van der Waals surface area contributed by atoms with E-state index in [1.54, 1.807) is 22.1 Å². The molecule has 0 atom stereocenters. The summed E-state index contributed by atoms with van der Waals surface area (Å²) in [4.78, 5) is 6.43. The molecule has 1 N–H and O–H groups in total. The molecule has 4 rings (SSSR count). The second kappa shape index (κ2) is 7.13. The number of hydrogen-bond donors (Lipinski definition) is 1. The van der Waals surface area contributed by atoms with Gasteiger partial charge in [-0.3, -0.25) is 0 Å². The number of rotatable bonds is 4. The molecule has 3 heterocycles. The lowest BCUT2D eigenvalue weighted by Crippen LogP contribution is -2.50. The summed E-state index contributed by atoms with van der Waals surface area (Å²) in [6.07, 6.45) is 11.1. The third-order valence-electron chi connectivity index (χ3n) is 7.03. The van der Waals surface area contributed by atoms with Crippen LogP contribution in [0.4, 0.5) is 0 Å². The van der Waals surface area contributed by atoms with Crippen LogP contribution >= 0.6 is 0 Å². The molecule has 3 fully saturated rings. The number of imidazole rings is 1. The molecule has 7 nitrogen and oxygen atoms in total. The maximum Gasteiger partial charge on any atom is 0.262 e. The molecular weight excluding hydrogens is 364 g/mol. The third kappa shape index (κ3) is 3.95. The van der Waals surface area contributed by atoms with Gasteiger partial charge in [0.25, 0.3) is 10.0 Å². The van der Waals surface area contributed by atoms with E-state index in [1.807, 2.05) is 0 Å². The molecule has 152 valence electrons. The average molecular weight is 397 g/mol. The zero-order chi connectivity index (χ0) is 19.1. The number of β-amino-alcohol motifs (C(OH)–C–C–N with tert-alkyl or cyclic N) is 1. The highest BCUT2D eigenvalue weighted by molar-refractivity contribution is 7.89. The number of aromatic nitrogens is 2. The Labute approximate surface area is 162 Å². The predicted molar refractivity (Wildman–Crippen MR) is 103 cm³/mol. The largest absolute Gasteiger partial charge is 0.389 e. The van der Waals surface area contributed by atoms with Gasteiger partial charge in [-0.25, -0.2) is 13.4 Å². The van der Waals surface area contributed by atoms with Gasteiger partial charge in [0.2, 0.25) is 0 Å². The zero-order valence-corrected chi connectivity index (χ0v) is 17.1. The second-order valence-corrected chi connectivity index (χ2v) is 10.9. The highest BCUT2D eigenvalue weighted by atomic mass is 32.2. The van der Waals surface area contributed by atoms with E-state index < -0.39 is 15.6 Å². The van der Waals surface area contributed by atoms with Crippen LogP contribution in [-0.2, 0) is 17.1 Å². The fourth-order valence-corrected chi connectivity index (χ4v) is 6.52. The molecule has 0 unspecified atom stereocenters. The van der Waals surface area contributed by atoms with E-state index in [4.69, 9.17) is 0 Å². The third-order valence-corrected chi connectivity index (χ3v) is 8.81. The van der Waals surface area contributed by atoms with E-state index in [9.17, 15) is 13.5 Å². The first-order valence-corrected chi connectivity index (χ1v) is 11.7. The van der Waals surface area contributed by atoms with Crippen molar-refractivity contribution in [2.75, 3.05) is 32.7 Å². The summed E-state index contributed by atoms with van der Waals surface area (Å²) in [6.45, 7) is 4.16. The van der Waals surface area contributed by atoms with Crippen molar-refractivity contribution in [1.29, 1.82) is 0 Å². The Morgan fingerprint density at radius 2 is 1.67 bits per heavy atom. The Morgan fingerprint density at radius 3 is 2.22 bits per heavy atom. The van der Waals surface area contributed by atoms with Crippen molar-refractivity contribution >= 4 is 10.0 Å². The number of likely N-dealkylation sites (tertiary alicyclic amines) is 1. The SMILES string of the molecule is Cn1cnc(S(=O)(=O)N2CCC3(CC2)CCC(O)(CN2CCCC2)CC3)c1. The number of sulfonamides is 1. The molecule has 1 aromatic heterocycles. The van der Waals surface area contributed by atoms with Gasteiger partial charge in [0.15, 0.2) is 5.03 Å². The molecule has 8 heteroatoms. The van der Waals surface area contributed by atoms with E-state index >= 15 is 0 Å². The Morgan fingerprint density at radius 1 is 1.04 bits per heavy atom. The minimum atomic E-state index is -3.49. The van der Waals surface area contributed by atoms with Crippen LogP contribution in [-0.4, -0.2) is 70.6 Å². The van der Waals surface area contributed by atoms with Gasteiger partial charge in [0.05, 0.1) is 11.9 Å². The van der Waals surface area contributed by atoms with Gasteiger partial charge in [-0.15, -0.1) is 0 Å². The minimum absolute atomic E-state index is 0.143. The topological polar surface area (TPSA) is 78.7 Å². The van der Waals surface area contributed by atoms with E-state index in [1.165, 1.54) is 19.2 Å². The van der Waals surface area contributed by atoms with Gasteiger partial charge < -0.3 is 14.6 Å². The summed E-state index contributed by atoms with van der Waals surface area (Å²) >= 11 is 0. The van der Waals surface area contributed by atoms with Crippen molar-refractivity contribution in [3.63, 3.8) is 0 Å². The average Bonchev–Trinajstić information content (AvgIpc) is 3.30. The molecule has 1 saturated carbocycles. The van der Waals surface area contributed by atoms with Gasteiger partial charge in [0, 0.05) is 32.9 Å². The lowest BCUT2D eigenvalue weighted by Gasteiger charge is -2.48. The smallest absolute Gasteiger partial charge is 0.262 e. The fraction of sp³-hybridized carbons (Fsp3) is 0.842. The first-order chi connectivity index (χ1) is 12.8. The zero-order valence-electron chi connectivity index (χ0n) is 16.3. The van der Waals surface area contributed by atoms with Crippen LogP contribution in [0.1, 0.15) is 51.4 Å². The van der Waals surface area contributed by atoms with E-state index in [-0.39, 0.29) is 10.4 Å². The number of aryl methyl sites for hydroxylation is 1. The maximum absolute atomic E-state index is 12.8. The quantitative estimate of drug-likeness (QED) is 0.836. The molecule has 0 bridgehead atoms. The Hall–Kier alpha value is -0.960. The second-order valence-electron chi connectivity index (χ2n) is 8.99. The van der Waals surface area contributed by atoms with Crippen LogP contribution in [0.2, 0.25) is 0 Å². The minimum Gasteiger partial charge on any atom is -0.389 e. The summed E-state index contributed by atoms with van der Waals surface area (Å²) in [5.41, 5.74) is -0.347. The van der Waals surface area contributed by atoms with Gasteiger partial charge in [-0.05, 0) is 69.9 Å². The Kier molecular flexibility index (Phi) is 5.12. The molecule has 1 spiro atoms. The Bertz CT molecular complexity index is 752. The van der Waals surface area contributed by atoms with Crippen LogP contribution in [0.3, 0.4) is 0 Å². The highest BCUT2D eigenvalue weighted by Gasteiger charge is 2.45. The van der Waals surface area contributed by atoms with Crippen LogP contribution in [0, 0.1) is 5.41 Å². The molecule has 2 aliphatic heterocycles. The summed E-state index contributed by atoms with van der Waals surface area (Å²) in [6, 6.07) is 0. The summed E-state index contributed by atoms with van der Waals surface area (Å²) < 4.78 is 28.8. The van der Waals surface area contributed by atoms with Crippen molar-refractivity contribution in [1.82, 2.24) is 18.8 Å². The van der Waals surface area contributed by atoms with Gasteiger partial charge >= 0.3 is 0 Å². The summed E-state index contributed by atoms with van der Waals surface area (Å²) in [7, 11) is -1.71. The van der Waals surface area contributed by atoms with Crippen LogP contribution in [0.25, 0.3) is 0 Å². The van der Waals surface area contributed by atoms with Crippen LogP contribution in [0.5, 0.6) is 0 Å². The van der Waals surface area contributed by atoms with Crippen molar-refractivity contribution in [3.05, 3.63) is 12.5 Å². The molecule has 0 aromatic carbocycles. The number of piperidine rings is 1. The van der Waals surface area contributed by atoms with Crippen LogP contribution in [0.15, 0.2) is 17.6 Å². The van der Waals surface area contributed by atoms with Crippen molar-refractivity contribution in [3.8, 4) is 0 Å². The maximum atomic E-state index is 12.8. The fourth-order valence-electron chi connectivity index (χ4n) is 5.12. The number of nitrogens with zero attached hydrogens (tertiary/aromatic N) is 4. The van der Waals surface area contributed by atoms with E-state index in [0.29, 0.717) is 13.1 Å².